The number of pyridine rings is 1. The van der Waals surface area contributed by atoms with Crippen LogP contribution in [0.5, 0.6) is 0 Å². The molecule has 1 aliphatic rings. The Hall–Kier alpha value is -3.63. The SMILES string of the molecule is O=C1C(=O)N(CCOCCO)[C@@H](c2ccccn2)C1=C(O)c1ccc([N+](=O)[O-])cc1. The second-order valence-electron chi connectivity index (χ2n) is 6.39. The highest BCUT2D eigenvalue weighted by atomic mass is 16.6. The monoisotopic (exact) mass is 413 g/mol. The van der Waals surface area contributed by atoms with E-state index in [0.29, 0.717) is 5.69 Å². The van der Waals surface area contributed by atoms with Gasteiger partial charge in [-0.25, -0.2) is 0 Å². The van der Waals surface area contributed by atoms with E-state index in [1.807, 2.05) is 0 Å². The highest BCUT2D eigenvalue weighted by Crippen LogP contribution is 2.38. The van der Waals surface area contributed by atoms with Crippen LogP contribution in [0.25, 0.3) is 5.76 Å². The summed E-state index contributed by atoms with van der Waals surface area (Å²) in [5.74, 6) is -2.15. The van der Waals surface area contributed by atoms with Crippen LogP contribution in [0.3, 0.4) is 0 Å². The fourth-order valence-electron chi connectivity index (χ4n) is 3.18. The summed E-state index contributed by atoms with van der Waals surface area (Å²) >= 11 is 0. The zero-order valence-electron chi connectivity index (χ0n) is 15.8. The first-order valence-electron chi connectivity index (χ1n) is 9.08. The molecule has 10 nitrogen and oxygen atoms in total. The molecule has 0 aliphatic carbocycles. The third-order valence-electron chi connectivity index (χ3n) is 4.57. The Bertz CT molecular complexity index is 974. The van der Waals surface area contributed by atoms with Gasteiger partial charge in [0.05, 0.1) is 36.0 Å². The van der Waals surface area contributed by atoms with Crippen molar-refractivity contribution in [3.8, 4) is 0 Å². The third kappa shape index (κ3) is 4.19. The molecule has 1 saturated heterocycles. The number of aliphatic hydroxyl groups is 2. The predicted molar refractivity (Wildman–Crippen MR) is 104 cm³/mol. The predicted octanol–water partition coefficient (Wildman–Crippen LogP) is 1.42. The molecule has 3 rings (SSSR count). The Kier molecular flexibility index (Phi) is 6.50. The van der Waals surface area contributed by atoms with E-state index >= 15 is 0 Å². The summed E-state index contributed by atoms with van der Waals surface area (Å²) in [6.07, 6.45) is 1.50. The van der Waals surface area contributed by atoms with Crippen LogP contribution in [-0.2, 0) is 14.3 Å². The first kappa shape index (κ1) is 21.1. The first-order chi connectivity index (χ1) is 14.5. The summed E-state index contributed by atoms with van der Waals surface area (Å²) < 4.78 is 5.21. The zero-order chi connectivity index (χ0) is 21.7. The summed E-state index contributed by atoms with van der Waals surface area (Å²) in [5, 5.41) is 30.5. The maximum atomic E-state index is 12.8. The number of hydrogen-bond donors (Lipinski definition) is 2. The van der Waals surface area contributed by atoms with Gasteiger partial charge in [-0.1, -0.05) is 6.07 Å². The van der Waals surface area contributed by atoms with Gasteiger partial charge in [0.25, 0.3) is 17.4 Å². The van der Waals surface area contributed by atoms with Crippen LogP contribution in [0.1, 0.15) is 17.3 Å². The molecule has 1 aliphatic heterocycles. The zero-order valence-corrected chi connectivity index (χ0v) is 15.8. The van der Waals surface area contributed by atoms with Crippen LogP contribution >= 0.6 is 0 Å². The summed E-state index contributed by atoms with van der Waals surface area (Å²) in [6.45, 7) is 0.0287. The number of aromatic nitrogens is 1. The van der Waals surface area contributed by atoms with Crippen LogP contribution in [0, 0.1) is 10.1 Å². The Labute approximate surface area is 171 Å². The lowest BCUT2D eigenvalue weighted by Crippen LogP contribution is -2.33. The molecule has 2 heterocycles. The molecule has 1 amide bonds. The highest BCUT2D eigenvalue weighted by Gasteiger charge is 2.46. The maximum absolute atomic E-state index is 12.8. The number of Topliss-reactive ketones (excluding diaryl/α,β-unsaturated/α-hetero) is 1. The van der Waals surface area contributed by atoms with E-state index in [1.165, 1.54) is 35.4 Å². The fraction of sp³-hybridized carbons (Fsp3) is 0.250. The van der Waals surface area contributed by atoms with Crippen molar-refractivity contribution >= 4 is 23.1 Å². The van der Waals surface area contributed by atoms with Crippen LogP contribution < -0.4 is 0 Å². The number of amides is 1. The average molecular weight is 413 g/mol. The van der Waals surface area contributed by atoms with Crippen molar-refractivity contribution in [1.82, 2.24) is 9.88 Å². The molecule has 2 N–H and O–H groups in total. The molecule has 1 aromatic carbocycles. The summed E-state index contributed by atoms with van der Waals surface area (Å²) in [4.78, 5) is 41.1. The Morgan fingerprint density at radius 2 is 1.90 bits per heavy atom. The number of likely N-dealkylation sites (tertiary alicyclic amines) is 1. The van der Waals surface area contributed by atoms with Crippen molar-refractivity contribution in [2.24, 2.45) is 0 Å². The highest BCUT2D eigenvalue weighted by molar-refractivity contribution is 6.46. The quantitative estimate of drug-likeness (QED) is 0.165. The van der Waals surface area contributed by atoms with Crippen molar-refractivity contribution in [2.45, 2.75) is 6.04 Å². The Morgan fingerprint density at radius 1 is 1.17 bits per heavy atom. The van der Waals surface area contributed by atoms with Crippen LogP contribution in [0.15, 0.2) is 54.2 Å². The van der Waals surface area contributed by atoms with Gasteiger partial charge < -0.3 is 19.8 Å². The van der Waals surface area contributed by atoms with Crippen molar-refractivity contribution in [2.75, 3.05) is 26.4 Å². The molecule has 156 valence electrons. The molecule has 30 heavy (non-hydrogen) atoms. The number of benzene rings is 1. The number of ketones is 1. The molecule has 2 aromatic rings. The summed E-state index contributed by atoms with van der Waals surface area (Å²) in [6, 6.07) is 9.06. The lowest BCUT2D eigenvalue weighted by Gasteiger charge is -2.24. The van der Waals surface area contributed by atoms with Crippen molar-refractivity contribution < 1.29 is 29.5 Å². The van der Waals surface area contributed by atoms with Crippen LogP contribution in [0.4, 0.5) is 5.69 Å². The smallest absolute Gasteiger partial charge is 0.295 e. The Morgan fingerprint density at radius 3 is 2.50 bits per heavy atom. The van der Waals surface area contributed by atoms with E-state index in [4.69, 9.17) is 9.84 Å². The standard InChI is InChI=1S/C20H19N3O7/c24-10-12-30-11-9-22-17(15-3-1-2-8-21-15)16(19(26)20(22)27)18(25)13-4-6-14(7-5-13)23(28)29/h1-8,17,24-25H,9-12H2/t17-/m0/s1. The molecule has 0 saturated carbocycles. The minimum atomic E-state index is -0.945. The normalized spacial score (nSPS) is 18.0. The average Bonchev–Trinajstić information content (AvgIpc) is 3.01. The molecule has 1 fully saturated rings. The van der Waals surface area contributed by atoms with Gasteiger partial charge in [0.15, 0.2) is 0 Å². The summed E-state index contributed by atoms with van der Waals surface area (Å²) in [7, 11) is 0. The first-order valence-corrected chi connectivity index (χ1v) is 9.08. The summed E-state index contributed by atoms with van der Waals surface area (Å²) in [5.41, 5.74) is 0.211. The number of hydrogen-bond acceptors (Lipinski definition) is 8. The van der Waals surface area contributed by atoms with Crippen molar-refractivity contribution in [3.05, 3.63) is 75.6 Å². The Balaban J connectivity index is 2.03. The van der Waals surface area contributed by atoms with Gasteiger partial charge in [0.1, 0.15) is 11.8 Å². The minimum absolute atomic E-state index is 0.0445. The number of ether oxygens (including phenoxy) is 1. The second-order valence-corrected chi connectivity index (χ2v) is 6.39. The van der Waals surface area contributed by atoms with E-state index in [-0.39, 0.29) is 43.2 Å². The fourth-order valence-corrected chi connectivity index (χ4v) is 3.18. The van der Waals surface area contributed by atoms with E-state index in [2.05, 4.69) is 4.98 Å². The van der Waals surface area contributed by atoms with Crippen molar-refractivity contribution in [1.29, 1.82) is 0 Å². The van der Waals surface area contributed by atoms with E-state index in [9.17, 15) is 24.8 Å². The maximum Gasteiger partial charge on any atom is 0.295 e. The van der Waals surface area contributed by atoms with E-state index in [1.54, 1.807) is 18.2 Å². The van der Waals surface area contributed by atoms with Gasteiger partial charge in [0.2, 0.25) is 0 Å². The number of nitrogens with zero attached hydrogens (tertiary/aromatic N) is 3. The number of non-ortho nitro benzene ring substituents is 1. The molecule has 1 atom stereocenters. The van der Waals surface area contributed by atoms with E-state index in [0.717, 1.165) is 0 Å². The molecule has 0 bridgehead atoms. The minimum Gasteiger partial charge on any atom is -0.507 e. The van der Waals surface area contributed by atoms with Gasteiger partial charge in [-0.05, 0) is 24.3 Å². The van der Waals surface area contributed by atoms with Gasteiger partial charge in [0, 0.05) is 30.4 Å². The van der Waals surface area contributed by atoms with Crippen LogP contribution in [-0.4, -0.2) is 63.1 Å². The van der Waals surface area contributed by atoms with Gasteiger partial charge >= 0.3 is 0 Å². The molecular formula is C20H19N3O7. The number of nitro benzene ring substituents is 1. The largest absolute Gasteiger partial charge is 0.507 e. The number of carbonyl (C=O) groups is 2. The molecule has 10 heteroatoms. The van der Waals surface area contributed by atoms with E-state index < -0.39 is 28.4 Å². The molecule has 0 radical (unpaired) electrons. The number of carbonyl (C=O) groups excluding carboxylic acids is 2. The lowest BCUT2D eigenvalue weighted by atomic mass is 9.98. The van der Waals surface area contributed by atoms with Gasteiger partial charge in [-0.15, -0.1) is 0 Å². The molecule has 0 unspecified atom stereocenters. The number of aliphatic hydroxyl groups excluding tert-OH is 2. The third-order valence-corrected chi connectivity index (χ3v) is 4.57. The second kappa shape index (κ2) is 9.25. The van der Waals surface area contributed by atoms with Crippen molar-refractivity contribution in [3.63, 3.8) is 0 Å². The topological polar surface area (TPSA) is 143 Å². The number of nitro groups is 1. The number of rotatable bonds is 8. The van der Waals surface area contributed by atoms with Gasteiger partial charge in [-0.2, -0.15) is 0 Å². The van der Waals surface area contributed by atoms with Gasteiger partial charge in [-0.3, -0.25) is 24.7 Å². The molecular weight excluding hydrogens is 394 g/mol. The molecule has 0 spiro atoms. The molecule has 1 aromatic heterocycles. The van der Waals surface area contributed by atoms with Crippen LogP contribution in [0.2, 0.25) is 0 Å². The lowest BCUT2D eigenvalue weighted by molar-refractivity contribution is -0.384.